The first kappa shape index (κ1) is 12.7. The van der Waals surface area contributed by atoms with Crippen molar-refractivity contribution in [3.8, 4) is 0 Å². The molecule has 0 aliphatic rings. The molecule has 0 saturated heterocycles. The topological polar surface area (TPSA) is 84.2 Å². The molecule has 1 rings (SSSR count). The molecule has 4 N–H and O–H groups in total. The lowest BCUT2D eigenvalue weighted by Crippen LogP contribution is -2.26. The Hall–Kier alpha value is -1.34. The Morgan fingerprint density at radius 2 is 2.12 bits per heavy atom. The molecule has 0 aliphatic carbocycles. The van der Waals surface area contributed by atoms with Crippen molar-refractivity contribution in [3.63, 3.8) is 0 Å². The van der Waals surface area contributed by atoms with Gasteiger partial charge in [0.2, 0.25) is 10.0 Å². The van der Waals surface area contributed by atoms with Gasteiger partial charge in [-0.25, -0.2) is 17.5 Å². The highest BCUT2D eigenvalue weighted by atomic mass is 32.2. The number of hydrogen-bond donors (Lipinski definition) is 3. The van der Waals surface area contributed by atoms with Gasteiger partial charge in [0, 0.05) is 6.54 Å². The lowest BCUT2D eigenvalue weighted by atomic mass is 10.2. The minimum Gasteiger partial charge on any atom is -0.397 e. The van der Waals surface area contributed by atoms with Crippen LogP contribution >= 0.6 is 0 Å². The Morgan fingerprint density at radius 1 is 1.44 bits per heavy atom. The second kappa shape index (κ2) is 5.13. The number of nitrogen functional groups attached to an aromatic ring is 1. The number of hydrogen-bond acceptors (Lipinski definition) is 4. The summed E-state index contributed by atoms with van der Waals surface area (Å²) in [6, 6.07) is 3.89. The molecule has 0 amide bonds. The second-order valence-corrected chi connectivity index (χ2v) is 5.23. The lowest BCUT2D eigenvalue weighted by Gasteiger charge is -2.09. The quantitative estimate of drug-likeness (QED) is 0.656. The molecule has 5 nitrogen and oxygen atoms in total. The predicted molar refractivity (Wildman–Crippen MR) is 62.1 cm³/mol. The maximum absolute atomic E-state index is 12.8. The van der Waals surface area contributed by atoms with E-state index in [2.05, 4.69) is 10.0 Å². The number of anilines is 2. The minimum atomic E-state index is -3.26. The van der Waals surface area contributed by atoms with Crippen LogP contribution in [0.4, 0.5) is 15.8 Å². The lowest BCUT2D eigenvalue weighted by molar-refractivity contribution is 0.588. The van der Waals surface area contributed by atoms with Crippen LogP contribution in [0.2, 0.25) is 0 Å². The average molecular weight is 247 g/mol. The fourth-order valence-corrected chi connectivity index (χ4v) is 1.68. The molecule has 0 radical (unpaired) electrons. The first-order valence-electron chi connectivity index (χ1n) is 4.65. The molecule has 0 spiro atoms. The Bertz CT molecular complexity index is 462. The Kier molecular flexibility index (Phi) is 4.08. The summed E-state index contributed by atoms with van der Waals surface area (Å²) in [5.41, 5.74) is 6.35. The number of sulfonamides is 1. The number of nitrogens with one attached hydrogen (secondary N) is 2. The first-order chi connectivity index (χ1) is 7.44. The molecule has 0 heterocycles. The molecule has 0 unspecified atom stereocenters. The predicted octanol–water partition coefficient (Wildman–Crippen LogP) is 0.369. The van der Waals surface area contributed by atoms with Gasteiger partial charge >= 0.3 is 0 Å². The van der Waals surface area contributed by atoms with Crippen molar-refractivity contribution in [2.24, 2.45) is 0 Å². The van der Waals surface area contributed by atoms with E-state index in [1.54, 1.807) is 0 Å². The van der Waals surface area contributed by atoms with E-state index in [4.69, 9.17) is 5.73 Å². The van der Waals surface area contributed by atoms with E-state index in [-0.39, 0.29) is 12.3 Å². The van der Waals surface area contributed by atoms with Crippen LogP contribution in [0.25, 0.3) is 0 Å². The van der Waals surface area contributed by atoms with Crippen LogP contribution < -0.4 is 15.8 Å². The van der Waals surface area contributed by atoms with Gasteiger partial charge < -0.3 is 11.1 Å². The first-order valence-corrected chi connectivity index (χ1v) is 6.30. The zero-order chi connectivity index (χ0) is 12.2. The van der Waals surface area contributed by atoms with Gasteiger partial charge in [0.15, 0.2) is 0 Å². The van der Waals surface area contributed by atoms with Crippen LogP contribution in [0.15, 0.2) is 18.2 Å². The molecular weight excluding hydrogens is 233 g/mol. The molecular formula is C9H14FN3O2S. The number of benzene rings is 1. The number of nitrogens with two attached hydrogens (primary N) is 1. The van der Waals surface area contributed by atoms with Crippen molar-refractivity contribution >= 4 is 21.4 Å². The second-order valence-electron chi connectivity index (χ2n) is 3.18. The summed E-state index contributed by atoms with van der Waals surface area (Å²) in [7, 11) is -1.92. The molecule has 0 atom stereocenters. The van der Waals surface area contributed by atoms with Crippen LogP contribution in [0.3, 0.4) is 0 Å². The molecule has 0 aliphatic heterocycles. The monoisotopic (exact) mass is 247 g/mol. The van der Waals surface area contributed by atoms with Gasteiger partial charge in [-0.3, -0.25) is 0 Å². The fourth-order valence-electron chi connectivity index (χ4n) is 1.10. The van der Waals surface area contributed by atoms with Crippen LogP contribution in [-0.2, 0) is 10.0 Å². The van der Waals surface area contributed by atoms with Gasteiger partial charge in [0.25, 0.3) is 0 Å². The maximum atomic E-state index is 12.8. The summed E-state index contributed by atoms with van der Waals surface area (Å²) < 4.78 is 37.2. The fraction of sp³-hybridized carbons (Fsp3) is 0.333. The molecule has 16 heavy (non-hydrogen) atoms. The molecule has 1 aromatic carbocycles. The summed E-state index contributed by atoms with van der Waals surface area (Å²) >= 11 is 0. The van der Waals surface area contributed by atoms with Crippen molar-refractivity contribution in [2.75, 3.05) is 30.4 Å². The van der Waals surface area contributed by atoms with Crippen molar-refractivity contribution in [3.05, 3.63) is 24.0 Å². The van der Waals surface area contributed by atoms with E-state index in [0.29, 0.717) is 11.4 Å². The Morgan fingerprint density at radius 3 is 2.75 bits per heavy atom. The molecule has 0 bridgehead atoms. The van der Waals surface area contributed by atoms with E-state index in [0.717, 1.165) is 0 Å². The zero-order valence-electron chi connectivity index (χ0n) is 8.83. The molecule has 1 aromatic rings. The molecule has 0 aromatic heterocycles. The third kappa shape index (κ3) is 3.67. The van der Waals surface area contributed by atoms with E-state index < -0.39 is 15.8 Å². The van der Waals surface area contributed by atoms with E-state index in [9.17, 15) is 12.8 Å². The Labute approximate surface area is 93.9 Å². The highest BCUT2D eigenvalue weighted by molar-refractivity contribution is 7.89. The molecule has 0 fully saturated rings. The SMILES string of the molecule is CNS(=O)(=O)CCNc1cc(F)ccc1N. The van der Waals surface area contributed by atoms with E-state index in [1.165, 1.54) is 25.2 Å². The zero-order valence-corrected chi connectivity index (χ0v) is 9.64. The minimum absolute atomic E-state index is 0.0978. The van der Waals surface area contributed by atoms with Crippen molar-refractivity contribution in [1.82, 2.24) is 4.72 Å². The van der Waals surface area contributed by atoms with Crippen molar-refractivity contribution in [2.45, 2.75) is 0 Å². The van der Waals surface area contributed by atoms with Gasteiger partial charge in [-0.05, 0) is 25.2 Å². The highest BCUT2D eigenvalue weighted by Gasteiger charge is 2.07. The third-order valence-corrected chi connectivity index (χ3v) is 3.38. The summed E-state index contributed by atoms with van der Waals surface area (Å²) in [5, 5.41) is 2.76. The van der Waals surface area contributed by atoms with Gasteiger partial charge in [-0.2, -0.15) is 0 Å². The standard InChI is InChI=1S/C9H14FN3O2S/c1-12-16(14,15)5-4-13-9-6-7(10)2-3-8(9)11/h2-3,6,12-13H,4-5,11H2,1H3. The maximum Gasteiger partial charge on any atom is 0.213 e. The van der Waals surface area contributed by atoms with Crippen LogP contribution in [0.5, 0.6) is 0 Å². The van der Waals surface area contributed by atoms with Gasteiger partial charge in [-0.1, -0.05) is 0 Å². The average Bonchev–Trinajstić information content (AvgIpc) is 2.23. The summed E-state index contributed by atoms with van der Waals surface area (Å²) in [6.07, 6.45) is 0. The van der Waals surface area contributed by atoms with Crippen LogP contribution in [-0.4, -0.2) is 27.8 Å². The number of halogens is 1. The smallest absolute Gasteiger partial charge is 0.213 e. The summed E-state index contributed by atoms with van der Waals surface area (Å²) in [5.74, 6) is -0.521. The highest BCUT2D eigenvalue weighted by Crippen LogP contribution is 2.18. The van der Waals surface area contributed by atoms with Gasteiger partial charge in [0.1, 0.15) is 5.82 Å². The van der Waals surface area contributed by atoms with Gasteiger partial charge in [-0.15, -0.1) is 0 Å². The molecule has 0 saturated carbocycles. The van der Waals surface area contributed by atoms with Crippen LogP contribution in [0.1, 0.15) is 0 Å². The van der Waals surface area contributed by atoms with Gasteiger partial charge in [0.05, 0.1) is 17.1 Å². The largest absolute Gasteiger partial charge is 0.397 e. The molecule has 90 valence electrons. The normalized spacial score (nSPS) is 11.4. The Balaban J connectivity index is 2.59. The van der Waals surface area contributed by atoms with E-state index in [1.807, 2.05) is 0 Å². The number of rotatable bonds is 5. The third-order valence-electron chi connectivity index (χ3n) is 2.01. The summed E-state index contributed by atoms with van der Waals surface area (Å²) in [6.45, 7) is 0.164. The van der Waals surface area contributed by atoms with Crippen LogP contribution in [0, 0.1) is 5.82 Å². The van der Waals surface area contributed by atoms with Crippen molar-refractivity contribution in [1.29, 1.82) is 0 Å². The molecule has 7 heteroatoms. The van der Waals surface area contributed by atoms with Crippen molar-refractivity contribution < 1.29 is 12.8 Å². The summed E-state index contributed by atoms with van der Waals surface area (Å²) in [4.78, 5) is 0. The van der Waals surface area contributed by atoms with E-state index >= 15 is 0 Å².